The van der Waals surface area contributed by atoms with Crippen LogP contribution in [0.25, 0.3) is 10.9 Å². The number of fused-ring (bicyclic) bond motifs is 1. The van der Waals surface area contributed by atoms with Crippen LogP contribution in [0.5, 0.6) is 0 Å². The van der Waals surface area contributed by atoms with Gasteiger partial charge >= 0.3 is 0 Å². The molecule has 0 aliphatic carbocycles. The monoisotopic (exact) mass is 401 g/mol. The summed E-state index contributed by atoms with van der Waals surface area (Å²) < 4.78 is 41.9. The first-order chi connectivity index (χ1) is 13.9. The van der Waals surface area contributed by atoms with Crippen LogP contribution in [-0.2, 0) is 0 Å². The van der Waals surface area contributed by atoms with Gasteiger partial charge in [0.15, 0.2) is 5.82 Å². The van der Waals surface area contributed by atoms with E-state index in [2.05, 4.69) is 15.2 Å². The van der Waals surface area contributed by atoms with Crippen molar-refractivity contribution < 1.29 is 18.3 Å². The van der Waals surface area contributed by atoms with Crippen LogP contribution in [-0.4, -0.2) is 29.3 Å². The molecule has 4 rings (SSSR count). The van der Waals surface area contributed by atoms with Gasteiger partial charge in [0.1, 0.15) is 17.2 Å². The Labute approximate surface area is 167 Å². The number of benzene rings is 2. The Morgan fingerprint density at radius 2 is 1.83 bits per heavy atom. The van der Waals surface area contributed by atoms with Crippen molar-refractivity contribution in [1.82, 2.24) is 4.98 Å². The van der Waals surface area contributed by atoms with Gasteiger partial charge in [-0.3, -0.25) is 4.98 Å². The standard InChI is InChI=1S/C22H22F3N3O/c1-13(27-20-4-7-26-22-18(20)11-15(24)12-19(22)25)17-10-14(23)2-3-21(17)28-8-5-16(29)6-9-28/h2-4,7,10-13,16,29H,5-6,8-9H2,1H3,(H,26,27). The van der Waals surface area contributed by atoms with Crippen LogP contribution in [0.4, 0.5) is 24.5 Å². The van der Waals surface area contributed by atoms with Crippen LogP contribution in [0.15, 0.2) is 42.6 Å². The molecule has 1 fully saturated rings. The van der Waals surface area contributed by atoms with E-state index < -0.39 is 11.6 Å². The zero-order valence-corrected chi connectivity index (χ0v) is 16.0. The second kappa shape index (κ2) is 7.91. The highest BCUT2D eigenvalue weighted by molar-refractivity contribution is 5.91. The van der Waals surface area contributed by atoms with E-state index in [4.69, 9.17) is 0 Å². The summed E-state index contributed by atoms with van der Waals surface area (Å²) in [5.74, 6) is -1.77. The van der Waals surface area contributed by atoms with Gasteiger partial charge in [-0.05, 0) is 50.1 Å². The lowest BCUT2D eigenvalue weighted by Crippen LogP contribution is -2.36. The van der Waals surface area contributed by atoms with Gasteiger partial charge in [-0.1, -0.05) is 0 Å². The number of nitrogens with one attached hydrogen (secondary N) is 1. The largest absolute Gasteiger partial charge is 0.393 e. The first-order valence-corrected chi connectivity index (χ1v) is 9.65. The predicted molar refractivity (Wildman–Crippen MR) is 108 cm³/mol. The molecule has 1 aliphatic rings. The van der Waals surface area contributed by atoms with E-state index in [0.29, 0.717) is 37.0 Å². The molecular weight excluding hydrogens is 379 g/mol. The molecule has 1 unspecified atom stereocenters. The summed E-state index contributed by atoms with van der Waals surface area (Å²) in [6, 6.07) is 7.99. The van der Waals surface area contributed by atoms with Crippen molar-refractivity contribution in [3.63, 3.8) is 0 Å². The van der Waals surface area contributed by atoms with Gasteiger partial charge < -0.3 is 15.3 Å². The maximum atomic E-state index is 14.1. The van der Waals surface area contributed by atoms with Crippen LogP contribution in [0.2, 0.25) is 0 Å². The van der Waals surface area contributed by atoms with Crippen LogP contribution in [0.3, 0.4) is 0 Å². The van der Waals surface area contributed by atoms with E-state index in [1.54, 1.807) is 12.1 Å². The van der Waals surface area contributed by atoms with Crippen molar-refractivity contribution in [3.8, 4) is 0 Å². The number of anilines is 2. The van der Waals surface area contributed by atoms with E-state index in [-0.39, 0.29) is 23.5 Å². The Hall–Kier alpha value is -2.80. The van der Waals surface area contributed by atoms with Crippen LogP contribution in [0.1, 0.15) is 31.4 Å². The molecule has 2 aromatic carbocycles. The van der Waals surface area contributed by atoms with Gasteiger partial charge in [0, 0.05) is 47.7 Å². The average molecular weight is 401 g/mol. The maximum absolute atomic E-state index is 14.1. The smallest absolute Gasteiger partial charge is 0.152 e. The highest BCUT2D eigenvalue weighted by atomic mass is 19.1. The van der Waals surface area contributed by atoms with Gasteiger partial charge in [0.05, 0.1) is 12.1 Å². The molecule has 3 aromatic rings. The SMILES string of the molecule is CC(Nc1ccnc2c(F)cc(F)cc12)c1cc(F)ccc1N1CCC(O)CC1. The number of aliphatic hydroxyl groups is 1. The van der Waals surface area contributed by atoms with Crippen molar-refractivity contribution in [2.45, 2.75) is 31.9 Å². The number of pyridine rings is 1. The summed E-state index contributed by atoms with van der Waals surface area (Å²) in [5.41, 5.74) is 2.22. The summed E-state index contributed by atoms with van der Waals surface area (Å²) in [5, 5.41) is 13.4. The van der Waals surface area contributed by atoms with E-state index in [1.165, 1.54) is 24.4 Å². The summed E-state index contributed by atoms with van der Waals surface area (Å²) in [6.07, 6.45) is 2.47. The predicted octanol–water partition coefficient (Wildman–Crippen LogP) is 4.79. The molecule has 1 atom stereocenters. The molecule has 29 heavy (non-hydrogen) atoms. The minimum atomic E-state index is -0.727. The molecule has 0 amide bonds. The summed E-state index contributed by atoms with van der Waals surface area (Å²) >= 11 is 0. The first kappa shape index (κ1) is 19.5. The van der Waals surface area contributed by atoms with Crippen molar-refractivity contribution >= 4 is 22.3 Å². The molecule has 0 saturated carbocycles. The minimum absolute atomic E-state index is 0.0769. The van der Waals surface area contributed by atoms with Gasteiger partial charge in [0.2, 0.25) is 0 Å². The molecule has 152 valence electrons. The van der Waals surface area contributed by atoms with Gasteiger partial charge in [-0.15, -0.1) is 0 Å². The maximum Gasteiger partial charge on any atom is 0.152 e. The molecule has 0 bridgehead atoms. The molecule has 2 N–H and O–H groups in total. The number of hydrogen-bond donors (Lipinski definition) is 2. The second-order valence-electron chi connectivity index (χ2n) is 7.43. The van der Waals surface area contributed by atoms with Crippen molar-refractivity contribution in [3.05, 3.63) is 65.6 Å². The lowest BCUT2D eigenvalue weighted by atomic mass is 10.0. The average Bonchev–Trinajstić information content (AvgIpc) is 2.69. The molecule has 1 aliphatic heterocycles. The molecule has 2 heterocycles. The van der Waals surface area contributed by atoms with E-state index in [1.807, 2.05) is 6.92 Å². The second-order valence-corrected chi connectivity index (χ2v) is 7.43. The normalized spacial score (nSPS) is 16.2. The zero-order valence-electron chi connectivity index (χ0n) is 16.0. The Morgan fingerprint density at radius 1 is 1.07 bits per heavy atom. The Balaban J connectivity index is 1.68. The fraction of sp³-hybridized carbons (Fsp3) is 0.318. The fourth-order valence-electron chi connectivity index (χ4n) is 3.88. The number of nitrogens with zero attached hydrogens (tertiary/aromatic N) is 2. The number of aliphatic hydroxyl groups excluding tert-OH is 1. The molecule has 7 heteroatoms. The zero-order chi connectivity index (χ0) is 20.5. The number of piperidine rings is 1. The fourth-order valence-corrected chi connectivity index (χ4v) is 3.88. The summed E-state index contributed by atoms with van der Waals surface area (Å²) in [6.45, 7) is 3.24. The lowest BCUT2D eigenvalue weighted by Gasteiger charge is -2.34. The number of halogens is 3. The highest BCUT2D eigenvalue weighted by Crippen LogP contribution is 2.33. The minimum Gasteiger partial charge on any atom is -0.393 e. The Kier molecular flexibility index (Phi) is 5.32. The van der Waals surface area contributed by atoms with Gasteiger partial charge in [-0.2, -0.15) is 0 Å². The third kappa shape index (κ3) is 4.00. The van der Waals surface area contributed by atoms with Crippen LogP contribution >= 0.6 is 0 Å². The van der Waals surface area contributed by atoms with Crippen molar-refractivity contribution in [1.29, 1.82) is 0 Å². The molecule has 1 aromatic heterocycles. The number of aromatic nitrogens is 1. The number of rotatable bonds is 4. The van der Waals surface area contributed by atoms with Gasteiger partial charge in [0.25, 0.3) is 0 Å². The molecule has 1 saturated heterocycles. The van der Waals surface area contributed by atoms with Crippen molar-refractivity contribution in [2.75, 3.05) is 23.3 Å². The summed E-state index contributed by atoms with van der Waals surface area (Å²) in [7, 11) is 0. The Morgan fingerprint density at radius 3 is 2.59 bits per heavy atom. The van der Waals surface area contributed by atoms with Gasteiger partial charge in [-0.25, -0.2) is 13.2 Å². The first-order valence-electron chi connectivity index (χ1n) is 9.65. The third-order valence-electron chi connectivity index (χ3n) is 5.40. The molecule has 4 nitrogen and oxygen atoms in total. The van der Waals surface area contributed by atoms with Crippen molar-refractivity contribution in [2.24, 2.45) is 0 Å². The quantitative estimate of drug-likeness (QED) is 0.660. The van der Waals surface area contributed by atoms with E-state index in [9.17, 15) is 18.3 Å². The van der Waals surface area contributed by atoms with Crippen LogP contribution < -0.4 is 10.2 Å². The molecule has 0 radical (unpaired) electrons. The topological polar surface area (TPSA) is 48.4 Å². The number of hydrogen-bond acceptors (Lipinski definition) is 4. The van der Waals surface area contributed by atoms with E-state index in [0.717, 1.165) is 17.3 Å². The Bertz CT molecular complexity index is 1040. The van der Waals surface area contributed by atoms with Crippen LogP contribution in [0, 0.1) is 17.5 Å². The molecule has 0 spiro atoms. The third-order valence-corrected chi connectivity index (χ3v) is 5.40. The van der Waals surface area contributed by atoms with E-state index >= 15 is 0 Å². The summed E-state index contributed by atoms with van der Waals surface area (Å²) in [4.78, 5) is 6.13. The lowest BCUT2D eigenvalue weighted by molar-refractivity contribution is 0.145. The molecular formula is C22H22F3N3O. The highest BCUT2D eigenvalue weighted by Gasteiger charge is 2.22.